The average Bonchev–Trinajstić information content (AvgIpc) is 2.78. The van der Waals surface area contributed by atoms with Gasteiger partial charge in [-0.15, -0.1) is 0 Å². The van der Waals surface area contributed by atoms with E-state index in [4.69, 9.17) is 4.74 Å². The second-order valence-corrected chi connectivity index (χ2v) is 6.21. The number of hydrogen-bond donors (Lipinski definition) is 0. The molecule has 0 aliphatic heterocycles. The van der Waals surface area contributed by atoms with Crippen molar-refractivity contribution < 1.29 is 47.6 Å². The highest BCUT2D eigenvalue weighted by atomic mass is 16.7. The first-order chi connectivity index (χ1) is 15.7. The van der Waals surface area contributed by atoms with E-state index in [9.17, 15) is 19.2 Å². The molecule has 0 bridgehead atoms. The van der Waals surface area contributed by atoms with E-state index in [0.717, 1.165) is 0 Å². The van der Waals surface area contributed by atoms with Crippen LogP contribution >= 0.6 is 0 Å². The average molecular weight is 489 g/mol. The predicted molar refractivity (Wildman–Crippen MR) is 128 cm³/mol. The van der Waals surface area contributed by atoms with E-state index in [2.05, 4.69) is 50.0 Å². The molecule has 0 saturated carbocycles. The Bertz CT molecular complexity index is 677. The summed E-state index contributed by atoms with van der Waals surface area (Å²) in [5.41, 5.74) is 1.65. The molecule has 0 atom stereocenters. The Morgan fingerprint density at radius 3 is 1.12 bits per heavy atom. The van der Waals surface area contributed by atoms with E-state index >= 15 is 0 Å². The SMILES string of the molecule is C=C(C)C(=O)OC.C=C(C)C(=O)OCC.C=C(C)C(=O)OCOC.C=C(C)C(=O)OCOCC. The molecule has 0 N–H and O–H groups in total. The van der Waals surface area contributed by atoms with Gasteiger partial charge in [0, 0.05) is 36.0 Å². The van der Waals surface area contributed by atoms with Crippen molar-refractivity contribution in [2.45, 2.75) is 41.5 Å². The van der Waals surface area contributed by atoms with Gasteiger partial charge in [-0.1, -0.05) is 26.3 Å². The van der Waals surface area contributed by atoms with Crippen LogP contribution < -0.4 is 0 Å². The van der Waals surface area contributed by atoms with E-state index < -0.39 is 11.9 Å². The molecule has 0 aromatic heterocycles. The van der Waals surface area contributed by atoms with Crippen LogP contribution in [0.5, 0.6) is 0 Å². The summed E-state index contributed by atoms with van der Waals surface area (Å²) in [6.45, 7) is 24.5. The van der Waals surface area contributed by atoms with Crippen LogP contribution in [0, 0.1) is 0 Å². The van der Waals surface area contributed by atoms with E-state index in [-0.39, 0.29) is 25.5 Å². The fraction of sp³-hybridized carbons (Fsp3) is 0.500. The number of carbonyl (C=O) groups excluding carboxylic acids is 4. The highest BCUT2D eigenvalue weighted by Crippen LogP contribution is 1.92. The number of carbonyl (C=O) groups is 4. The second kappa shape index (κ2) is 26.0. The van der Waals surface area contributed by atoms with Gasteiger partial charge in [0.1, 0.15) is 0 Å². The van der Waals surface area contributed by atoms with Gasteiger partial charge in [0.15, 0.2) is 13.6 Å². The van der Waals surface area contributed by atoms with Gasteiger partial charge in [-0.25, -0.2) is 19.2 Å². The van der Waals surface area contributed by atoms with Gasteiger partial charge in [0.05, 0.1) is 13.7 Å². The van der Waals surface area contributed by atoms with Crippen molar-refractivity contribution in [3.63, 3.8) is 0 Å². The molecule has 10 nitrogen and oxygen atoms in total. The van der Waals surface area contributed by atoms with Crippen LogP contribution in [0.25, 0.3) is 0 Å². The fourth-order valence-corrected chi connectivity index (χ4v) is 0.966. The highest BCUT2D eigenvalue weighted by Gasteiger charge is 2.01. The zero-order valence-corrected chi connectivity index (χ0v) is 21.7. The number of ether oxygens (including phenoxy) is 6. The van der Waals surface area contributed by atoms with Crippen molar-refractivity contribution in [1.29, 1.82) is 0 Å². The Morgan fingerprint density at radius 2 is 0.912 bits per heavy atom. The smallest absolute Gasteiger partial charge is 0.335 e. The van der Waals surface area contributed by atoms with Gasteiger partial charge in [0.25, 0.3) is 0 Å². The van der Waals surface area contributed by atoms with E-state index in [0.29, 0.717) is 35.5 Å². The molecule has 196 valence electrons. The normalized spacial score (nSPS) is 8.47. The molecule has 0 radical (unpaired) electrons. The Kier molecular flexibility index (Phi) is 29.1. The van der Waals surface area contributed by atoms with Crippen molar-refractivity contribution in [2.24, 2.45) is 0 Å². The minimum absolute atomic E-state index is 0.00824. The molecule has 0 aliphatic rings. The molecule has 0 aliphatic carbocycles. The lowest BCUT2D eigenvalue weighted by Crippen LogP contribution is -2.08. The Hall–Kier alpha value is -3.24. The lowest BCUT2D eigenvalue weighted by molar-refractivity contribution is -0.151. The molecule has 34 heavy (non-hydrogen) atoms. The molecule has 0 rings (SSSR count). The summed E-state index contributed by atoms with van der Waals surface area (Å²) in [6, 6.07) is 0. The minimum Gasteiger partial charge on any atom is -0.466 e. The molecule has 0 unspecified atom stereocenters. The van der Waals surface area contributed by atoms with E-state index in [1.165, 1.54) is 14.2 Å². The Labute approximate surface area is 203 Å². The summed E-state index contributed by atoms with van der Waals surface area (Å²) in [5, 5.41) is 0. The quantitative estimate of drug-likeness (QED) is 0.148. The number of hydrogen-bond acceptors (Lipinski definition) is 10. The molecule has 0 aromatic rings. The summed E-state index contributed by atoms with van der Waals surface area (Å²) in [7, 11) is 2.78. The van der Waals surface area contributed by atoms with Crippen LogP contribution in [0.3, 0.4) is 0 Å². The van der Waals surface area contributed by atoms with Crippen LogP contribution in [-0.4, -0.2) is 64.9 Å². The first kappa shape index (κ1) is 38.0. The Balaban J connectivity index is -0.000000178. The van der Waals surface area contributed by atoms with Crippen molar-refractivity contribution in [1.82, 2.24) is 0 Å². The third-order valence-electron chi connectivity index (χ3n) is 2.64. The molecular formula is C24H40O10. The summed E-state index contributed by atoms with van der Waals surface area (Å²) in [4.78, 5) is 41.7. The van der Waals surface area contributed by atoms with Crippen molar-refractivity contribution >= 4 is 23.9 Å². The van der Waals surface area contributed by atoms with Gasteiger partial charge in [0.2, 0.25) is 0 Å². The van der Waals surface area contributed by atoms with E-state index in [1.807, 2.05) is 6.92 Å². The van der Waals surface area contributed by atoms with Gasteiger partial charge in [-0.05, 0) is 41.5 Å². The van der Waals surface area contributed by atoms with Gasteiger partial charge < -0.3 is 28.4 Å². The summed E-state index contributed by atoms with van der Waals surface area (Å²) in [5.74, 6) is -1.49. The monoisotopic (exact) mass is 488 g/mol. The first-order valence-corrected chi connectivity index (χ1v) is 10.0. The third-order valence-corrected chi connectivity index (χ3v) is 2.64. The maximum atomic E-state index is 10.6. The largest absolute Gasteiger partial charge is 0.466 e. The van der Waals surface area contributed by atoms with Crippen LogP contribution in [0.15, 0.2) is 48.6 Å². The molecule has 10 heteroatoms. The first-order valence-electron chi connectivity index (χ1n) is 10.0. The minimum atomic E-state index is -0.420. The molecule has 0 amide bonds. The maximum absolute atomic E-state index is 10.6. The van der Waals surface area contributed by atoms with Crippen LogP contribution in [-0.2, 0) is 47.6 Å². The maximum Gasteiger partial charge on any atom is 0.335 e. The van der Waals surface area contributed by atoms with Gasteiger partial charge in [-0.2, -0.15) is 0 Å². The lowest BCUT2D eigenvalue weighted by Gasteiger charge is -2.02. The standard InChI is InChI=1S/C7H12O3.C6H10O3.C6H10O2.C5H8O2/c1-4-9-5-10-7(8)6(2)3;1-5(2)6(7)9-4-8-3;1-4-8-6(7)5(2)3;1-4(2)5(6)7-3/h2,4-5H2,1,3H3;1,4H2,2-3H3;2,4H2,1,3H3;1H2,2-3H3. The number of methoxy groups -OCH3 is 2. The fourth-order valence-electron chi connectivity index (χ4n) is 0.966. The summed E-state index contributed by atoms with van der Waals surface area (Å²) >= 11 is 0. The van der Waals surface area contributed by atoms with Crippen LogP contribution in [0.4, 0.5) is 0 Å². The Morgan fingerprint density at radius 1 is 0.559 bits per heavy atom. The summed E-state index contributed by atoms with van der Waals surface area (Å²) < 4.78 is 27.2. The van der Waals surface area contributed by atoms with Crippen molar-refractivity contribution in [2.75, 3.05) is 41.0 Å². The molecule has 0 spiro atoms. The third kappa shape index (κ3) is 30.9. The molecule has 0 saturated heterocycles. The number of rotatable bonds is 10. The molecule has 0 heterocycles. The lowest BCUT2D eigenvalue weighted by atomic mass is 10.4. The van der Waals surface area contributed by atoms with Crippen LogP contribution in [0.2, 0.25) is 0 Å². The van der Waals surface area contributed by atoms with E-state index in [1.54, 1.807) is 34.6 Å². The topological polar surface area (TPSA) is 124 Å². The number of esters is 4. The van der Waals surface area contributed by atoms with Gasteiger partial charge >= 0.3 is 23.9 Å². The van der Waals surface area contributed by atoms with Crippen molar-refractivity contribution in [3.8, 4) is 0 Å². The second-order valence-electron chi connectivity index (χ2n) is 6.21. The van der Waals surface area contributed by atoms with Crippen LogP contribution in [0.1, 0.15) is 41.5 Å². The summed E-state index contributed by atoms with van der Waals surface area (Å²) in [6.07, 6.45) is 0. The zero-order chi connectivity index (χ0) is 27.7. The molecule has 0 aromatic carbocycles. The molecule has 0 fully saturated rings. The molecular weight excluding hydrogens is 448 g/mol. The highest BCUT2D eigenvalue weighted by molar-refractivity contribution is 5.87. The van der Waals surface area contributed by atoms with Gasteiger partial charge in [-0.3, -0.25) is 0 Å². The predicted octanol–water partition coefficient (Wildman–Crippen LogP) is 3.67. The van der Waals surface area contributed by atoms with Crippen molar-refractivity contribution in [3.05, 3.63) is 48.6 Å². The zero-order valence-electron chi connectivity index (χ0n) is 21.7.